The monoisotopic (exact) mass is 232 g/mol. The van der Waals surface area contributed by atoms with E-state index >= 15 is 0 Å². The summed E-state index contributed by atoms with van der Waals surface area (Å²) in [4.78, 5) is 0. The molecule has 0 unspecified atom stereocenters. The highest BCUT2D eigenvalue weighted by Gasteiger charge is 2.08. The number of anilines is 2. The Bertz CT molecular complexity index is 506. The number of hydrogen-bond acceptors (Lipinski definition) is 5. The normalized spacial score (nSPS) is 10.1. The summed E-state index contributed by atoms with van der Waals surface area (Å²) in [5.74, 6) is 0.179. The molecular formula is C12H12N2O3. The Hall–Kier alpha value is -2.56. The van der Waals surface area contributed by atoms with Crippen LogP contribution in [0.4, 0.5) is 11.4 Å². The highest BCUT2D eigenvalue weighted by molar-refractivity contribution is 5.56. The van der Waals surface area contributed by atoms with Gasteiger partial charge in [-0.25, -0.2) is 0 Å². The topological polar surface area (TPSA) is 102 Å². The van der Waals surface area contributed by atoms with Gasteiger partial charge in [0.15, 0.2) is 23.0 Å². The summed E-state index contributed by atoms with van der Waals surface area (Å²) in [5.41, 5.74) is 12.0. The van der Waals surface area contributed by atoms with Gasteiger partial charge in [0.05, 0.1) is 0 Å². The minimum Gasteiger partial charge on any atom is -0.504 e. The largest absolute Gasteiger partial charge is 0.504 e. The van der Waals surface area contributed by atoms with E-state index in [0.717, 1.165) is 0 Å². The molecule has 0 atom stereocenters. The van der Waals surface area contributed by atoms with Crippen molar-refractivity contribution in [2.24, 2.45) is 0 Å². The van der Waals surface area contributed by atoms with Crippen LogP contribution < -0.4 is 16.2 Å². The molecule has 0 bridgehead atoms. The Morgan fingerprint density at radius 3 is 1.59 bits per heavy atom. The summed E-state index contributed by atoms with van der Waals surface area (Å²) in [5, 5.41) is 19.1. The van der Waals surface area contributed by atoms with E-state index in [-0.39, 0.29) is 23.0 Å². The van der Waals surface area contributed by atoms with Crippen molar-refractivity contribution in [1.29, 1.82) is 0 Å². The van der Waals surface area contributed by atoms with E-state index in [4.69, 9.17) is 16.2 Å². The predicted octanol–water partition coefficient (Wildman–Crippen LogP) is 2.05. The number of aromatic hydroxyl groups is 2. The third-order valence-corrected chi connectivity index (χ3v) is 2.19. The Balaban J connectivity index is 2.37. The van der Waals surface area contributed by atoms with Gasteiger partial charge in [0, 0.05) is 23.5 Å². The zero-order valence-electron chi connectivity index (χ0n) is 8.92. The van der Waals surface area contributed by atoms with Gasteiger partial charge in [-0.1, -0.05) is 0 Å². The highest BCUT2D eigenvalue weighted by atomic mass is 16.5. The van der Waals surface area contributed by atoms with Gasteiger partial charge in [-0.2, -0.15) is 0 Å². The maximum Gasteiger partial charge on any atom is 0.171 e. The summed E-state index contributed by atoms with van der Waals surface area (Å²) in [6.07, 6.45) is 0. The molecule has 2 aromatic rings. The molecule has 0 amide bonds. The van der Waals surface area contributed by atoms with Crippen molar-refractivity contribution in [2.75, 3.05) is 11.5 Å². The van der Waals surface area contributed by atoms with Gasteiger partial charge in [-0.3, -0.25) is 0 Å². The van der Waals surface area contributed by atoms with E-state index < -0.39 is 0 Å². The van der Waals surface area contributed by atoms with Gasteiger partial charge in [0.1, 0.15) is 0 Å². The molecule has 0 aliphatic carbocycles. The summed E-state index contributed by atoms with van der Waals surface area (Å²) in [6.45, 7) is 0. The first kappa shape index (κ1) is 10.9. The van der Waals surface area contributed by atoms with Gasteiger partial charge >= 0.3 is 0 Å². The lowest BCUT2D eigenvalue weighted by Crippen LogP contribution is -1.91. The first-order valence-electron chi connectivity index (χ1n) is 4.91. The Morgan fingerprint density at radius 2 is 1.18 bits per heavy atom. The molecule has 0 aliphatic rings. The lowest BCUT2D eigenvalue weighted by molar-refractivity contribution is 0.385. The van der Waals surface area contributed by atoms with E-state index in [1.807, 2.05) is 0 Å². The molecule has 0 heterocycles. The van der Waals surface area contributed by atoms with E-state index in [1.54, 1.807) is 12.1 Å². The second-order valence-electron chi connectivity index (χ2n) is 3.56. The number of phenolic OH excluding ortho intramolecular Hbond substituents is 2. The molecule has 0 saturated heterocycles. The number of nitrogen functional groups attached to an aromatic ring is 2. The van der Waals surface area contributed by atoms with Gasteiger partial charge < -0.3 is 26.4 Å². The van der Waals surface area contributed by atoms with Crippen LogP contribution >= 0.6 is 0 Å². The fourth-order valence-electron chi connectivity index (χ4n) is 1.34. The smallest absolute Gasteiger partial charge is 0.171 e. The average Bonchev–Trinajstić information content (AvgIpc) is 2.28. The van der Waals surface area contributed by atoms with Crippen LogP contribution in [0.25, 0.3) is 0 Å². The maximum atomic E-state index is 9.56. The van der Waals surface area contributed by atoms with Crippen molar-refractivity contribution in [2.45, 2.75) is 0 Å². The molecular weight excluding hydrogens is 220 g/mol. The molecule has 17 heavy (non-hydrogen) atoms. The van der Waals surface area contributed by atoms with E-state index in [1.165, 1.54) is 24.3 Å². The molecule has 2 aromatic carbocycles. The molecule has 88 valence electrons. The molecule has 5 heteroatoms. The van der Waals surface area contributed by atoms with E-state index in [0.29, 0.717) is 11.4 Å². The van der Waals surface area contributed by atoms with Crippen molar-refractivity contribution in [3.8, 4) is 23.0 Å². The third-order valence-electron chi connectivity index (χ3n) is 2.19. The number of benzene rings is 2. The fraction of sp³-hybridized carbons (Fsp3) is 0. The zero-order chi connectivity index (χ0) is 12.4. The minimum absolute atomic E-state index is 0.0685. The second kappa shape index (κ2) is 4.13. The van der Waals surface area contributed by atoms with Crippen LogP contribution in [0.2, 0.25) is 0 Å². The first-order valence-corrected chi connectivity index (χ1v) is 4.91. The van der Waals surface area contributed by atoms with Crippen LogP contribution in [0.15, 0.2) is 36.4 Å². The quantitative estimate of drug-likeness (QED) is 0.469. The summed E-state index contributed by atoms with van der Waals surface area (Å²) in [7, 11) is 0. The Labute approximate surface area is 97.9 Å². The molecule has 6 N–H and O–H groups in total. The van der Waals surface area contributed by atoms with Gasteiger partial charge in [-0.05, 0) is 24.3 Å². The number of phenols is 2. The van der Waals surface area contributed by atoms with Crippen molar-refractivity contribution in [3.05, 3.63) is 36.4 Å². The summed E-state index contributed by atoms with van der Waals surface area (Å²) >= 11 is 0. The van der Waals surface area contributed by atoms with Crippen molar-refractivity contribution in [3.63, 3.8) is 0 Å². The van der Waals surface area contributed by atoms with E-state index in [2.05, 4.69) is 0 Å². The van der Waals surface area contributed by atoms with Crippen LogP contribution in [-0.4, -0.2) is 10.2 Å². The number of ether oxygens (including phenoxy) is 1. The maximum absolute atomic E-state index is 9.56. The molecule has 0 aromatic heterocycles. The third kappa shape index (κ3) is 2.34. The molecule has 0 saturated carbocycles. The molecule has 0 fully saturated rings. The first-order chi connectivity index (χ1) is 8.06. The van der Waals surface area contributed by atoms with Crippen molar-refractivity contribution < 1.29 is 14.9 Å². The number of nitrogens with two attached hydrogens (primary N) is 2. The SMILES string of the molecule is Nc1ccc(O)c(Oc2cc(N)ccc2O)c1. The number of rotatable bonds is 2. The molecule has 2 rings (SSSR count). The van der Waals surface area contributed by atoms with Crippen LogP contribution in [0.3, 0.4) is 0 Å². The predicted molar refractivity (Wildman–Crippen MR) is 65.1 cm³/mol. The van der Waals surface area contributed by atoms with Crippen LogP contribution in [0.5, 0.6) is 23.0 Å². The van der Waals surface area contributed by atoms with Gasteiger partial charge in [0.2, 0.25) is 0 Å². The highest BCUT2D eigenvalue weighted by Crippen LogP contribution is 2.37. The Morgan fingerprint density at radius 1 is 0.765 bits per heavy atom. The molecule has 5 nitrogen and oxygen atoms in total. The molecule has 0 spiro atoms. The lowest BCUT2D eigenvalue weighted by Gasteiger charge is -2.10. The van der Waals surface area contributed by atoms with Crippen LogP contribution in [0, 0.1) is 0 Å². The zero-order valence-corrected chi connectivity index (χ0v) is 8.92. The molecule has 0 radical (unpaired) electrons. The fourth-order valence-corrected chi connectivity index (χ4v) is 1.34. The van der Waals surface area contributed by atoms with Crippen molar-refractivity contribution in [1.82, 2.24) is 0 Å². The van der Waals surface area contributed by atoms with Crippen LogP contribution in [-0.2, 0) is 0 Å². The number of hydrogen-bond donors (Lipinski definition) is 4. The van der Waals surface area contributed by atoms with Crippen LogP contribution in [0.1, 0.15) is 0 Å². The van der Waals surface area contributed by atoms with Crippen molar-refractivity contribution >= 4 is 11.4 Å². The summed E-state index contributed by atoms with van der Waals surface area (Å²) in [6, 6.07) is 8.82. The Kier molecular flexibility index (Phi) is 2.66. The standard InChI is InChI=1S/C12H12N2O3/c13-7-1-3-9(15)11(5-7)17-12-6-8(14)2-4-10(12)16/h1-6,15-16H,13-14H2. The minimum atomic E-state index is -0.0685. The summed E-state index contributed by atoms with van der Waals surface area (Å²) < 4.78 is 5.34. The molecule has 0 aliphatic heterocycles. The second-order valence-corrected chi connectivity index (χ2v) is 3.56. The van der Waals surface area contributed by atoms with E-state index in [9.17, 15) is 10.2 Å². The van der Waals surface area contributed by atoms with Gasteiger partial charge in [0.25, 0.3) is 0 Å². The van der Waals surface area contributed by atoms with Gasteiger partial charge in [-0.15, -0.1) is 0 Å². The lowest BCUT2D eigenvalue weighted by atomic mass is 10.2. The average molecular weight is 232 g/mol.